The van der Waals surface area contributed by atoms with Gasteiger partial charge in [-0.1, -0.05) is 67.4 Å². The third kappa shape index (κ3) is 41.0. The lowest BCUT2D eigenvalue weighted by molar-refractivity contribution is -0.142. The number of amides is 9. The van der Waals surface area contributed by atoms with Gasteiger partial charge in [-0.25, -0.2) is 19.2 Å². The highest BCUT2D eigenvalue weighted by Crippen LogP contribution is 2.29. The van der Waals surface area contributed by atoms with E-state index in [1.165, 1.54) is 0 Å². The van der Waals surface area contributed by atoms with Crippen molar-refractivity contribution in [2.24, 2.45) is 11.8 Å². The molecule has 0 bridgehead atoms. The Morgan fingerprint density at radius 2 is 0.809 bits per heavy atom. The Morgan fingerprint density at radius 3 is 1.31 bits per heavy atom. The van der Waals surface area contributed by atoms with Crippen molar-refractivity contribution >= 4 is 123 Å². The monoisotopic (exact) mass is 1730 g/mol. The van der Waals surface area contributed by atoms with Gasteiger partial charge in [0.1, 0.15) is 30.2 Å². The average Bonchev–Trinajstić information content (AvgIpc) is 0.832. The number of hydrogen-bond donors (Lipinski definition) is 16. The molecule has 1 heterocycles. The van der Waals surface area contributed by atoms with Crippen LogP contribution in [0, 0.1) is 15.4 Å². The zero-order chi connectivity index (χ0) is 84.0. The topological polar surface area (TPSA) is 519 Å². The predicted octanol–water partition coefficient (Wildman–Crippen LogP) is 3.22. The van der Waals surface area contributed by atoms with Crippen molar-refractivity contribution in [3.63, 3.8) is 0 Å². The van der Waals surface area contributed by atoms with Crippen LogP contribution in [0.1, 0.15) is 159 Å². The molecule has 115 heavy (non-hydrogen) atoms. The first-order valence-corrected chi connectivity index (χ1v) is 40.8. The number of carbonyl (C=O) groups excluding carboxylic acids is 8. The Kier molecular flexibility index (Phi) is 44.6. The molecule has 1 saturated heterocycles. The summed E-state index contributed by atoms with van der Waals surface area (Å²) >= 11 is 2.24. The van der Waals surface area contributed by atoms with Gasteiger partial charge in [0.15, 0.2) is 0 Å². The number of hydrogen-bond acceptors (Lipinski definition) is 19. The fraction of sp³-hybridized carbons (Fsp3) is 0.608. The first-order valence-electron chi connectivity index (χ1n) is 39.7. The number of benzene rings is 3. The van der Waals surface area contributed by atoms with Gasteiger partial charge >= 0.3 is 47.8 Å². The molecule has 2 fully saturated rings. The Bertz CT molecular complexity index is 3650. The van der Waals surface area contributed by atoms with Crippen LogP contribution in [0.15, 0.2) is 66.7 Å². The number of halogens is 1. The Labute approximate surface area is 682 Å². The molecule has 0 radical (unpaired) electrons. The fourth-order valence-electron chi connectivity index (χ4n) is 13.7. The number of nitrogens with zero attached hydrogens (tertiary/aromatic N) is 4. The first-order chi connectivity index (χ1) is 55.0. The van der Waals surface area contributed by atoms with Crippen molar-refractivity contribution in [3.8, 4) is 0 Å². The molecule has 36 heteroatoms. The quantitative estimate of drug-likeness (QED) is 0.0285. The molecule has 9 amide bonds. The molecular weight excluding hydrogens is 1610 g/mol. The number of aliphatic carboxylic acids is 7. The van der Waals surface area contributed by atoms with Gasteiger partial charge in [-0.15, -0.1) is 0 Å². The van der Waals surface area contributed by atoms with Crippen molar-refractivity contribution in [2.45, 2.75) is 191 Å². The molecule has 3 aromatic rings. The summed E-state index contributed by atoms with van der Waals surface area (Å²) in [4.78, 5) is 196. The smallest absolute Gasteiger partial charge is 0.326 e. The van der Waals surface area contributed by atoms with E-state index in [0.29, 0.717) is 96.4 Å². The van der Waals surface area contributed by atoms with Gasteiger partial charge in [-0.2, -0.15) is 0 Å². The number of carbonyl (C=O) groups is 15. The normalized spacial score (nSPS) is 16.6. The maximum atomic E-state index is 14.2. The van der Waals surface area contributed by atoms with Crippen molar-refractivity contribution in [3.05, 3.63) is 81.4 Å². The molecule has 5 rings (SSSR count). The minimum absolute atomic E-state index is 0.0522. The predicted molar refractivity (Wildman–Crippen MR) is 430 cm³/mol. The largest absolute Gasteiger partial charge is 0.481 e. The van der Waals surface area contributed by atoms with Crippen LogP contribution in [0.4, 0.5) is 4.79 Å². The summed E-state index contributed by atoms with van der Waals surface area (Å²) in [6.45, 7) is 1.50. The summed E-state index contributed by atoms with van der Waals surface area (Å²) in [6, 6.07) is 14.2. The zero-order valence-corrected chi connectivity index (χ0v) is 67.5. The highest BCUT2D eigenvalue weighted by atomic mass is 127. The molecule has 1 saturated carbocycles. The van der Waals surface area contributed by atoms with E-state index in [-0.39, 0.29) is 173 Å². The standard InChI is InChI=1S/C79H116IN13O22/c80-59-31-26-53(27-32-59)14-13-22-65(94)81-35-11-8-18-61(76(109)110)86-67(96)21-4-2-1-3-20-66(95)85-60(17-7-10-36-82-68(97)49-90-38-40-91(50-70(100)101)42-44-93(52-72(104)105)45-43-92(41-39-90)51-71(102)103)74(107)84-48-54-23-29-57(30-24-54)73(106)87-64(47-55-25-28-56-15-5-6-16-58(56)46-55)75(108)83-37-12-9-19-62(77(111)112)88-79(115)89-63(78(113)114)33-34-69(98)99/h5-6,15-16,25-28,31-32,46,54,57,60-64H,1-4,7-14,17-24,29-30,33-45,47-52H2,(H,81,94)(H,82,97)(H,83,108)(H,84,107)(H,85,95)(H,86,96)(H,87,106)(H,98,99)(H,100,101)(H,102,103)(H,104,105)(H,109,110)(H,111,112)(H,113,114)(H2,88,89,115). The van der Waals surface area contributed by atoms with Crippen LogP contribution in [0.3, 0.4) is 0 Å². The van der Waals surface area contributed by atoms with Gasteiger partial charge in [0, 0.05) is 120 Å². The SMILES string of the molecule is O=C(O)CCC(NC(=O)NC(CCCCNC(=O)C(Cc1ccc2ccccc2c1)NC(=O)C1CCC(CNC(=O)C(CCCCNC(=O)CN2CCN(CC(=O)O)CCN(CC(=O)O)CCN(CC(=O)O)CC2)NC(=O)CCCCCCC(=O)NC(CCCCNC(=O)CCCc2ccc(I)cc2)C(=O)O)CC1)C(=O)O)C(=O)O. The summed E-state index contributed by atoms with van der Waals surface area (Å²) < 4.78 is 1.13. The number of fused-ring (bicyclic) bond motifs is 1. The second kappa shape index (κ2) is 53.5. The van der Waals surface area contributed by atoms with E-state index in [1.54, 1.807) is 19.6 Å². The van der Waals surface area contributed by atoms with Gasteiger partial charge in [0.2, 0.25) is 41.4 Å². The zero-order valence-electron chi connectivity index (χ0n) is 65.3. The number of aryl methyl sites for hydroxylation is 1. The van der Waals surface area contributed by atoms with E-state index < -0.39 is 120 Å². The highest BCUT2D eigenvalue weighted by Gasteiger charge is 2.32. The van der Waals surface area contributed by atoms with E-state index in [2.05, 4.69) is 70.4 Å². The fourth-order valence-corrected chi connectivity index (χ4v) is 14.0. The van der Waals surface area contributed by atoms with E-state index in [4.69, 9.17) is 5.11 Å². The van der Waals surface area contributed by atoms with Crippen molar-refractivity contribution in [1.29, 1.82) is 0 Å². The third-order valence-electron chi connectivity index (χ3n) is 20.2. The van der Waals surface area contributed by atoms with Crippen LogP contribution < -0.4 is 47.9 Å². The lowest BCUT2D eigenvalue weighted by Crippen LogP contribution is -2.51. The van der Waals surface area contributed by atoms with Crippen LogP contribution in [0.5, 0.6) is 0 Å². The summed E-state index contributed by atoms with van der Waals surface area (Å²) in [6.07, 6.45) is 7.40. The summed E-state index contributed by atoms with van der Waals surface area (Å²) in [5.74, 6) is -11.7. The Hall–Kier alpha value is -9.66. The number of carboxylic acids is 7. The minimum atomic E-state index is -1.58. The van der Waals surface area contributed by atoms with Crippen LogP contribution in [0.2, 0.25) is 0 Å². The molecule has 1 aliphatic heterocycles. The lowest BCUT2D eigenvalue weighted by atomic mass is 9.81. The Morgan fingerprint density at radius 1 is 0.374 bits per heavy atom. The second-order valence-electron chi connectivity index (χ2n) is 29.5. The number of unbranched alkanes of at least 4 members (excludes halogenated alkanes) is 6. The third-order valence-corrected chi connectivity index (χ3v) is 20.9. The average molecular weight is 1730 g/mol. The number of nitrogens with one attached hydrogen (secondary N) is 9. The van der Waals surface area contributed by atoms with E-state index in [1.807, 2.05) is 66.7 Å². The molecule has 5 atom stereocenters. The first kappa shape index (κ1) is 95.9. The van der Waals surface area contributed by atoms with Crippen LogP contribution in [0.25, 0.3) is 10.8 Å². The molecule has 1 aliphatic carbocycles. The molecular formula is C79H116IN13O22. The van der Waals surface area contributed by atoms with Crippen molar-refractivity contribution < 1.29 is 108 Å². The van der Waals surface area contributed by atoms with Crippen molar-refractivity contribution in [2.75, 3.05) is 105 Å². The van der Waals surface area contributed by atoms with E-state index in [9.17, 15) is 103 Å². The molecule has 5 unspecified atom stereocenters. The van der Waals surface area contributed by atoms with Crippen LogP contribution in [-0.2, 0) is 80.0 Å². The molecule has 35 nitrogen and oxygen atoms in total. The summed E-state index contributed by atoms with van der Waals surface area (Å²) in [7, 11) is 0. The van der Waals surface area contributed by atoms with Gasteiger partial charge < -0.3 is 83.6 Å². The summed E-state index contributed by atoms with van der Waals surface area (Å²) in [5.41, 5.74) is 1.92. The maximum Gasteiger partial charge on any atom is 0.326 e. The van der Waals surface area contributed by atoms with Crippen molar-refractivity contribution in [1.82, 2.24) is 67.5 Å². The molecule has 0 aromatic heterocycles. The minimum Gasteiger partial charge on any atom is -0.481 e. The van der Waals surface area contributed by atoms with Crippen LogP contribution in [-0.4, -0.2) is 279 Å². The van der Waals surface area contributed by atoms with E-state index >= 15 is 0 Å². The highest BCUT2D eigenvalue weighted by molar-refractivity contribution is 14.1. The molecule has 2 aliphatic rings. The number of urea groups is 1. The molecule has 636 valence electrons. The number of carboxylic acid groups (broad SMARTS) is 7. The van der Waals surface area contributed by atoms with Gasteiger partial charge in [-0.05, 0) is 178 Å². The van der Waals surface area contributed by atoms with Gasteiger partial charge in [0.25, 0.3) is 0 Å². The lowest BCUT2D eigenvalue weighted by Gasteiger charge is -2.32. The molecule has 16 N–H and O–H groups in total. The second-order valence-corrected chi connectivity index (χ2v) is 30.7. The van der Waals surface area contributed by atoms with Gasteiger partial charge in [0.05, 0.1) is 26.2 Å². The molecule has 3 aromatic carbocycles. The van der Waals surface area contributed by atoms with Crippen LogP contribution >= 0.6 is 22.6 Å². The Balaban J connectivity index is 1.14. The maximum absolute atomic E-state index is 14.2. The molecule has 0 spiro atoms. The number of rotatable bonds is 52. The summed E-state index contributed by atoms with van der Waals surface area (Å²) in [5, 5.41) is 93.1. The van der Waals surface area contributed by atoms with Gasteiger partial charge in [-0.3, -0.25) is 72.3 Å². The van der Waals surface area contributed by atoms with E-state index in [0.717, 1.165) is 31.9 Å².